The van der Waals surface area contributed by atoms with Crippen LogP contribution in [0, 0.1) is 25.4 Å². The van der Waals surface area contributed by atoms with Gasteiger partial charge in [-0.05, 0) is 11.5 Å². The van der Waals surface area contributed by atoms with Crippen LogP contribution in [0.15, 0.2) is 24.0 Å². The van der Waals surface area contributed by atoms with Gasteiger partial charge in [0.15, 0.2) is 0 Å². The van der Waals surface area contributed by atoms with Gasteiger partial charge in [-0.1, -0.05) is 26.0 Å². The zero-order valence-electron chi connectivity index (χ0n) is 10.8. The van der Waals surface area contributed by atoms with Crippen LogP contribution in [0.1, 0.15) is 27.2 Å². The molecule has 0 atom stereocenters. The quantitative estimate of drug-likeness (QED) is 0.322. The fourth-order valence-electron chi connectivity index (χ4n) is 1.24. The Kier molecular flexibility index (Phi) is 23.1. The van der Waals surface area contributed by atoms with Gasteiger partial charge in [0.25, 0.3) is 0 Å². The smallest absolute Gasteiger partial charge is 0 e. The molecule has 0 aromatic heterocycles. The van der Waals surface area contributed by atoms with Crippen molar-refractivity contribution in [3.63, 3.8) is 0 Å². The Morgan fingerprint density at radius 2 is 1.63 bits per heavy atom. The number of carbonyl (C=O) groups is 1. The molecule has 104 valence electrons. The van der Waals surface area contributed by atoms with Gasteiger partial charge in [-0.25, -0.2) is 0 Å². The Balaban J connectivity index is -0.000000142. The second kappa shape index (κ2) is 16.7. The molecule has 0 aromatic rings. The molecule has 19 heavy (non-hydrogen) atoms. The van der Waals surface area contributed by atoms with Crippen LogP contribution in [-0.2, 0) is 40.6 Å². The molecule has 0 amide bonds. The molecule has 0 saturated heterocycles. The van der Waals surface area contributed by atoms with Crippen molar-refractivity contribution in [2.45, 2.75) is 27.2 Å². The fraction of sp³-hybridized carbons (Fsp3) is 0.385. The van der Waals surface area contributed by atoms with Crippen LogP contribution in [0.3, 0.4) is 0 Å². The van der Waals surface area contributed by atoms with E-state index in [0.717, 1.165) is 12.2 Å². The van der Waals surface area contributed by atoms with Crippen molar-refractivity contribution in [3.8, 4) is 0 Å². The summed E-state index contributed by atoms with van der Waals surface area (Å²) in [4.78, 5) is 10.6. The molecule has 0 unspecified atom stereocenters. The average molecular weight is 306 g/mol. The number of rotatable bonds is 1. The topological polar surface area (TPSA) is 86.0 Å². The van der Waals surface area contributed by atoms with Crippen LogP contribution >= 0.6 is 0 Å². The van der Waals surface area contributed by atoms with Gasteiger partial charge in [-0.15, -0.1) is 0 Å². The molecule has 1 aliphatic rings. The number of hydrogen-bond donors (Lipinski definition) is 0. The van der Waals surface area contributed by atoms with E-state index in [1.165, 1.54) is 6.92 Å². The molecular weight excluding hydrogens is 292 g/mol. The first kappa shape index (κ1) is 26.3. The summed E-state index contributed by atoms with van der Waals surface area (Å²) in [7, 11) is 0. The van der Waals surface area contributed by atoms with Crippen molar-refractivity contribution >= 4 is 5.97 Å². The van der Waals surface area contributed by atoms with Gasteiger partial charge >= 0.3 is 39.9 Å². The predicted molar refractivity (Wildman–Crippen MR) is 59.2 cm³/mol. The number of ether oxygens (including phenoxy) is 1. The molecule has 0 spiro atoms. The first-order chi connectivity index (χ1) is 8.49. The zero-order valence-corrected chi connectivity index (χ0v) is 11.9. The molecule has 6 heteroatoms. The molecule has 0 radical (unpaired) electrons. The maximum absolute atomic E-state index is 10.6. The maximum Gasteiger partial charge on any atom is 0 e. The van der Waals surface area contributed by atoms with Crippen LogP contribution in [0.4, 0.5) is 0 Å². The van der Waals surface area contributed by atoms with E-state index < -0.39 is 0 Å². The summed E-state index contributed by atoms with van der Waals surface area (Å²) in [5.74, 6) is 0.516. The second-order valence-electron chi connectivity index (χ2n) is 3.75. The first-order valence-electron chi connectivity index (χ1n) is 4.68. The third-order valence-electron chi connectivity index (χ3n) is 1.73. The standard InChI is InChI=1S/C10H14O2.3CO.Fe/c1-8(11)12-9-5-4-6-10(2,3)7-9;3*1-2;/h4-6H,7H2,1-3H3;;;;. The zero-order chi connectivity index (χ0) is 15.2. The molecule has 0 heterocycles. The van der Waals surface area contributed by atoms with Crippen molar-refractivity contribution < 1.29 is 40.6 Å². The van der Waals surface area contributed by atoms with Crippen LogP contribution in [-0.4, -0.2) is 5.97 Å². The minimum absolute atomic E-state index is 0. The third-order valence-corrected chi connectivity index (χ3v) is 1.73. The molecule has 1 aliphatic carbocycles. The van der Waals surface area contributed by atoms with E-state index in [9.17, 15) is 4.79 Å². The summed E-state index contributed by atoms with van der Waals surface area (Å²) >= 11 is 0. The van der Waals surface area contributed by atoms with Crippen LogP contribution < -0.4 is 0 Å². The van der Waals surface area contributed by atoms with Gasteiger partial charge in [0.05, 0.1) is 0 Å². The van der Waals surface area contributed by atoms with E-state index in [0.29, 0.717) is 0 Å². The van der Waals surface area contributed by atoms with Gasteiger partial charge < -0.3 is 4.74 Å². The molecule has 0 saturated carbocycles. The Morgan fingerprint density at radius 1 is 1.21 bits per heavy atom. The Hall–Kier alpha value is -1.31. The van der Waals surface area contributed by atoms with Gasteiger partial charge in [-0.2, -0.15) is 0 Å². The van der Waals surface area contributed by atoms with Gasteiger partial charge in [0.2, 0.25) is 0 Å². The van der Waals surface area contributed by atoms with Crippen molar-refractivity contribution in [2.75, 3.05) is 0 Å². The number of carbonyl (C=O) groups excluding carboxylic acids is 1. The molecular formula is C13H14FeO5. The molecule has 0 bridgehead atoms. The van der Waals surface area contributed by atoms with E-state index >= 15 is 0 Å². The van der Waals surface area contributed by atoms with Crippen LogP contribution in [0.2, 0.25) is 0 Å². The fourth-order valence-corrected chi connectivity index (χ4v) is 1.24. The third kappa shape index (κ3) is 16.7. The van der Waals surface area contributed by atoms with Crippen LogP contribution in [0.5, 0.6) is 0 Å². The summed E-state index contributed by atoms with van der Waals surface area (Å²) < 4.78 is 27.5. The Morgan fingerprint density at radius 3 is 1.95 bits per heavy atom. The SMILES string of the molecule is CC(=O)OC1=CC=CC(C)(C)C1.[C-]#[O+].[C-]#[O+].[C-]#[O+].[Fe]. The van der Waals surface area contributed by atoms with Crippen molar-refractivity contribution in [1.29, 1.82) is 0 Å². The summed E-state index contributed by atoms with van der Waals surface area (Å²) in [6.45, 7) is 19.1. The molecule has 0 N–H and O–H groups in total. The summed E-state index contributed by atoms with van der Waals surface area (Å²) in [5, 5.41) is 0. The van der Waals surface area contributed by atoms with Crippen molar-refractivity contribution in [2.24, 2.45) is 5.41 Å². The monoisotopic (exact) mass is 306 g/mol. The van der Waals surface area contributed by atoms with E-state index in [1.54, 1.807) is 0 Å². The normalized spacial score (nSPS) is 13.0. The first-order valence-corrected chi connectivity index (χ1v) is 4.68. The van der Waals surface area contributed by atoms with Gasteiger partial charge in [0, 0.05) is 30.4 Å². The molecule has 0 fully saturated rings. The molecule has 1 rings (SSSR count). The summed E-state index contributed by atoms with van der Waals surface area (Å²) in [6, 6.07) is 0. The van der Waals surface area contributed by atoms with Crippen molar-refractivity contribution in [3.05, 3.63) is 43.9 Å². The van der Waals surface area contributed by atoms with E-state index in [1.807, 2.05) is 12.2 Å². The van der Waals surface area contributed by atoms with Crippen LogP contribution in [0.25, 0.3) is 0 Å². The molecule has 5 nitrogen and oxygen atoms in total. The largest absolute Gasteiger partial charge is 0 e. The number of hydrogen-bond acceptors (Lipinski definition) is 2. The number of esters is 1. The van der Waals surface area contributed by atoms with Crippen molar-refractivity contribution in [1.82, 2.24) is 0 Å². The minimum Gasteiger partial charge on any atom is 0 e. The Labute approximate surface area is 123 Å². The van der Waals surface area contributed by atoms with E-state index in [-0.39, 0.29) is 28.5 Å². The summed E-state index contributed by atoms with van der Waals surface area (Å²) in [5.41, 5.74) is 0.111. The van der Waals surface area contributed by atoms with E-state index in [2.05, 4.69) is 39.9 Å². The molecule has 0 aliphatic heterocycles. The minimum atomic E-state index is -0.243. The summed E-state index contributed by atoms with van der Waals surface area (Å²) in [6.07, 6.45) is 6.68. The Bertz CT molecular complexity index is 347. The van der Waals surface area contributed by atoms with Gasteiger partial charge in [0.1, 0.15) is 5.76 Å². The maximum atomic E-state index is 10.6. The predicted octanol–water partition coefficient (Wildman–Crippen LogP) is 2.30. The average Bonchev–Trinajstić information content (AvgIpc) is 2.34. The second-order valence-corrected chi connectivity index (χ2v) is 3.75. The molecule has 0 aromatic carbocycles. The van der Waals surface area contributed by atoms with E-state index in [4.69, 9.17) is 18.7 Å². The number of allylic oxidation sites excluding steroid dienone is 4. The van der Waals surface area contributed by atoms with Gasteiger partial charge in [-0.3, -0.25) is 4.79 Å².